The lowest BCUT2D eigenvalue weighted by atomic mass is 9.84. The lowest BCUT2D eigenvalue weighted by molar-refractivity contribution is -0.116. The van der Waals surface area contributed by atoms with Gasteiger partial charge in [-0.25, -0.2) is 0 Å². The van der Waals surface area contributed by atoms with E-state index in [1.165, 1.54) is 57.7 Å². The van der Waals surface area contributed by atoms with E-state index < -0.39 is 0 Å². The van der Waals surface area contributed by atoms with Gasteiger partial charge in [-0.2, -0.15) is 0 Å². The second-order valence-corrected chi connectivity index (χ2v) is 10.1. The lowest BCUT2D eigenvalue weighted by Gasteiger charge is -2.44. The highest BCUT2D eigenvalue weighted by Crippen LogP contribution is 2.30. The number of nitrogens with one attached hydrogen (secondary N) is 1. The third kappa shape index (κ3) is 7.49. The summed E-state index contributed by atoms with van der Waals surface area (Å²) >= 11 is 12.0. The number of nitrogens with zero attached hydrogens (tertiary/aromatic N) is 2. The van der Waals surface area contributed by atoms with Crippen molar-refractivity contribution in [2.75, 3.05) is 33.2 Å². The minimum absolute atomic E-state index is 0.0899. The van der Waals surface area contributed by atoms with E-state index in [1.807, 2.05) is 6.07 Å². The number of hydrogen-bond donors (Lipinski definition) is 1. The average molecular weight is 466 g/mol. The Hall–Kier alpha value is -1.07. The Labute approximate surface area is 198 Å². The van der Waals surface area contributed by atoms with Gasteiger partial charge in [0.1, 0.15) is 0 Å². The normalized spacial score (nSPS) is 23.5. The fraction of sp³-hybridized carbons (Fsp3) is 0.640. The Morgan fingerprint density at radius 2 is 1.94 bits per heavy atom. The molecule has 1 aromatic rings. The van der Waals surface area contributed by atoms with Crippen molar-refractivity contribution in [1.82, 2.24) is 15.1 Å². The molecule has 4 nitrogen and oxygen atoms in total. The van der Waals surface area contributed by atoms with Crippen molar-refractivity contribution in [3.05, 3.63) is 39.9 Å². The van der Waals surface area contributed by atoms with Crippen LogP contribution in [0.15, 0.2) is 24.3 Å². The van der Waals surface area contributed by atoms with E-state index in [1.54, 1.807) is 18.2 Å². The molecule has 1 aliphatic carbocycles. The van der Waals surface area contributed by atoms with Crippen molar-refractivity contribution in [1.29, 1.82) is 0 Å². The van der Waals surface area contributed by atoms with Crippen LogP contribution in [0, 0.1) is 5.92 Å². The smallest absolute Gasteiger partial charge is 0.244 e. The van der Waals surface area contributed by atoms with Crippen molar-refractivity contribution in [3.63, 3.8) is 0 Å². The molecular formula is C25H37Cl2N3O. The van der Waals surface area contributed by atoms with Crippen LogP contribution >= 0.6 is 23.2 Å². The van der Waals surface area contributed by atoms with E-state index in [4.69, 9.17) is 23.2 Å². The molecule has 0 bridgehead atoms. The number of likely N-dealkylation sites (tertiary alicyclic amines) is 1. The van der Waals surface area contributed by atoms with Crippen LogP contribution in [0.1, 0.15) is 57.4 Å². The van der Waals surface area contributed by atoms with Crippen LogP contribution in [0.25, 0.3) is 6.08 Å². The number of carbonyl (C=O) groups is 1. The predicted molar refractivity (Wildman–Crippen MR) is 132 cm³/mol. The fourth-order valence-corrected chi connectivity index (χ4v) is 5.57. The summed E-state index contributed by atoms with van der Waals surface area (Å²) in [4.78, 5) is 17.3. The third-order valence-electron chi connectivity index (χ3n) is 7.05. The molecule has 0 spiro atoms. The molecule has 0 aromatic heterocycles. The molecule has 1 amide bonds. The molecular weight excluding hydrogens is 429 g/mol. The Kier molecular flexibility index (Phi) is 9.71. The van der Waals surface area contributed by atoms with Gasteiger partial charge in [0.25, 0.3) is 0 Å². The van der Waals surface area contributed by atoms with Gasteiger partial charge >= 0.3 is 0 Å². The molecule has 0 unspecified atom stereocenters. The first-order chi connectivity index (χ1) is 14.9. The SMILES string of the molecule is C[C@@H]1CCCC[C@@H]1N(C)C1CCN(CCCNC(=O)/C=C/c2ccc(Cl)cc2Cl)CC1. The molecule has 2 fully saturated rings. The molecule has 172 valence electrons. The summed E-state index contributed by atoms with van der Waals surface area (Å²) in [5.74, 6) is 0.748. The Bertz CT molecular complexity index is 746. The van der Waals surface area contributed by atoms with Crippen molar-refractivity contribution in [3.8, 4) is 0 Å². The van der Waals surface area contributed by atoms with Crippen LogP contribution in [0.4, 0.5) is 0 Å². The number of benzene rings is 1. The second-order valence-electron chi connectivity index (χ2n) is 9.21. The van der Waals surface area contributed by atoms with Crippen molar-refractivity contribution < 1.29 is 4.79 Å². The molecule has 1 aromatic carbocycles. The monoisotopic (exact) mass is 465 g/mol. The van der Waals surface area contributed by atoms with Crippen molar-refractivity contribution in [2.45, 2.75) is 64.0 Å². The topological polar surface area (TPSA) is 35.6 Å². The number of halogens is 2. The summed E-state index contributed by atoms with van der Waals surface area (Å²) in [5.41, 5.74) is 0.789. The lowest BCUT2D eigenvalue weighted by Crippen LogP contribution is -2.50. The Balaban J connectivity index is 1.31. The number of hydrogen-bond acceptors (Lipinski definition) is 3. The van der Waals surface area contributed by atoms with E-state index in [9.17, 15) is 4.79 Å². The number of piperidine rings is 1. The van der Waals surface area contributed by atoms with Crippen molar-refractivity contribution in [2.24, 2.45) is 5.92 Å². The maximum absolute atomic E-state index is 12.1. The maximum Gasteiger partial charge on any atom is 0.244 e. The summed E-state index contributed by atoms with van der Waals surface area (Å²) in [7, 11) is 2.35. The largest absolute Gasteiger partial charge is 0.353 e. The van der Waals surface area contributed by atoms with Gasteiger partial charge in [0.15, 0.2) is 0 Å². The zero-order chi connectivity index (χ0) is 22.2. The van der Waals surface area contributed by atoms with Gasteiger partial charge in [0.05, 0.1) is 0 Å². The molecule has 1 saturated carbocycles. The Morgan fingerprint density at radius 3 is 2.65 bits per heavy atom. The number of rotatable bonds is 8. The van der Waals surface area contributed by atoms with Gasteiger partial charge in [-0.3, -0.25) is 4.79 Å². The second kappa shape index (κ2) is 12.2. The van der Waals surface area contributed by atoms with E-state index >= 15 is 0 Å². The first kappa shape index (κ1) is 24.6. The molecule has 1 saturated heterocycles. The minimum Gasteiger partial charge on any atom is -0.353 e. The summed E-state index contributed by atoms with van der Waals surface area (Å²) in [6, 6.07) is 6.76. The highest BCUT2D eigenvalue weighted by atomic mass is 35.5. The zero-order valence-corrected chi connectivity index (χ0v) is 20.5. The quantitative estimate of drug-likeness (QED) is 0.407. The van der Waals surface area contributed by atoms with Crippen molar-refractivity contribution >= 4 is 35.2 Å². The third-order valence-corrected chi connectivity index (χ3v) is 7.61. The minimum atomic E-state index is -0.0899. The summed E-state index contributed by atoms with van der Waals surface area (Å²) in [6.45, 7) is 6.50. The molecule has 1 N–H and O–H groups in total. The van der Waals surface area contributed by atoms with Crippen LogP contribution in [-0.4, -0.2) is 61.0 Å². The van der Waals surface area contributed by atoms with Gasteiger partial charge < -0.3 is 15.1 Å². The molecule has 6 heteroatoms. The van der Waals surface area contributed by atoms with Crippen LogP contribution in [-0.2, 0) is 4.79 Å². The van der Waals surface area contributed by atoms with E-state index in [-0.39, 0.29) is 5.91 Å². The van der Waals surface area contributed by atoms with Gasteiger partial charge in [-0.1, -0.05) is 49.0 Å². The van der Waals surface area contributed by atoms with E-state index in [0.29, 0.717) is 16.6 Å². The average Bonchev–Trinajstić information content (AvgIpc) is 2.76. The predicted octanol–water partition coefficient (Wildman–Crippen LogP) is 5.49. The molecule has 1 heterocycles. The summed E-state index contributed by atoms with van der Waals surface area (Å²) in [6.07, 6.45) is 12.3. The van der Waals surface area contributed by atoms with Gasteiger partial charge in [-0.15, -0.1) is 0 Å². The summed E-state index contributed by atoms with van der Waals surface area (Å²) in [5, 5.41) is 4.10. The van der Waals surface area contributed by atoms with Gasteiger partial charge in [0, 0.05) is 34.7 Å². The first-order valence-corrected chi connectivity index (χ1v) is 12.5. The number of amides is 1. The maximum atomic E-state index is 12.1. The van der Waals surface area contributed by atoms with Crippen LogP contribution < -0.4 is 5.32 Å². The first-order valence-electron chi connectivity index (χ1n) is 11.8. The van der Waals surface area contributed by atoms with Gasteiger partial charge in [0.2, 0.25) is 5.91 Å². The molecule has 3 rings (SSSR count). The van der Waals surface area contributed by atoms with E-state index in [2.05, 4.69) is 29.1 Å². The van der Waals surface area contributed by atoms with Gasteiger partial charge in [-0.05, 0) is 88.5 Å². The molecule has 2 atom stereocenters. The zero-order valence-electron chi connectivity index (χ0n) is 19.0. The van der Waals surface area contributed by atoms with Crippen LogP contribution in [0.2, 0.25) is 10.0 Å². The molecule has 0 radical (unpaired) electrons. The van der Waals surface area contributed by atoms with Crippen LogP contribution in [0.5, 0.6) is 0 Å². The molecule has 31 heavy (non-hydrogen) atoms. The molecule has 1 aliphatic heterocycles. The summed E-state index contributed by atoms with van der Waals surface area (Å²) < 4.78 is 0. The number of carbonyl (C=O) groups excluding carboxylic acids is 1. The van der Waals surface area contributed by atoms with Crippen LogP contribution in [0.3, 0.4) is 0 Å². The van der Waals surface area contributed by atoms with E-state index in [0.717, 1.165) is 36.5 Å². The highest BCUT2D eigenvalue weighted by molar-refractivity contribution is 6.35. The fourth-order valence-electron chi connectivity index (χ4n) is 5.10. The highest BCUT2D eigenvalue weighted by Gasteiger charge is 2.31. The Morgan fingerprint density at radius 1 is 1.19 bits per heavy atom. The molecule has 2 aliphatic rings. The standard InChI is InChI=1S/C25H37Cl2N3O/c1-19-6-3-4-7-24(19)29(2)22-12-16-30(17-13-22)15-5-14-28-25(31)11-9-20-8-10-21(26)18-23(20)27/h8-11,18-19,22,24H,3-7,12-17H2,1-2H3,(H,28,31)/b11-9+/t19-,24+/m1/s1.